The lowest BCUT2D eigenvalue weighted by Gasteiger charge is -2.11. The van der Waals surface area contributed by atoms with Crippen LogP contribution in [0.2, 0.25) is 0 Å². The molecule has 0 unspecified atom stereocenters. The topological polar surface area (TPSA) is 49.3 Å². The zero-order valence-corrected chi connectivity index (χ0v) is 10.7. The molecule has 0 saturated heterocycles. The predicted octanol–water partition coefficient (Wildman–Crippen LogP) is 3.88. The van der Waals surface area contributed by atoms with Crippen molar-refractivity contribution in [1.29, 1.82) is 0 Å². The maximum Gasteiger partial charge on any atom is 0.335 e. The van der Waals surface area contributed by atoms with Crippen LogP contribution in [-0.4, -0.2) is 11.1 Å². The van der Waals surface area contributed by atoms with Crippen molar-refractivity contribution >= 4 is 17.3 Å². The first-order chi connectivity index (χ1) is 8.97. The summed E-state index contributed by atoms with van der Waals surface area (Å²) in [6.45, 7) is 3.52. The summed E-state index contributed by atoms with van der Waals surface area (Å²) in [7, 11) is 0. The van der Waals surface area contributed by atoms with Crippen LogP contribution < -0.4 is 5.32 Å². The number of hydrogen-bond acceptors (Lipinski definition) is 2. The van der Waals surface area contributed by atoms with Crippen molar-refractivity contribution in [3.63, 3.8) is 0 Å². The molecule has 0 aliphatic heterocycles. The Labute approximate surface area is 110 Å². The molecule has 0 atom stereocenters. The fourth-order valence-electron chi connectivity index (χ4n) is 1.81. The first-order valence-electron chi connectivity index (χ1n) is 5.84. The maximum absolute atomic E-state index is 13.2. The van der Waals surface area contributed by atoms with Crippen molar-refractivity contribution < 1.29 is 14.3 Å². The number of aryl methyl sites for hydroxylation is 2. The molecule has 4 heteroatoms. The fourth-order valence-corrected chi connectivity index (χ4v) is 1.81. The first-order valence-corrected chi connectivity index (χ1v) is 5.84. The van der Waals surface area contributed by atoms with Gasteiger partial charge in [0.05, 0.1) is 5.56 Å². The summed E-state index contributed by atoms with van der Waals surface area (Å²) in [5.41, 5.74) is 3.20. The molecule has 0 amide bonds. The highest BCUT2D eigenvalue weighted by Crippen LogP contribution is 2.23. The molecule has 0 spiro atoms. The monoisotopic (exact) mass is 259 g/mol. The average molecular weight is 259 g/mol. The minimum atomic E-state index is -0.952. The number of carboxylic acid groups (broad SMARTS) is 1. The van der Waals surface area contributed by atoms with Crippen molar-refractivity contribution in [2.24, 2.45) is 0 Å². The Kier molecular flexibility index (Phi) is 3.51. The molecule has 0 radical (unpaired) electrons. The molecule has 0 bridgehead atoms. The quantitative estimate of drug-likeness (QED) is 0.879. The van der Waals surface area contributed by atoms with Gasteiger partial charge in [0, 0.05) is 11.4 Å². The standard InChI is InChI=1S/C15H14FNO2/c1-9-8-12(4-5-13(9)16)17-14-6-3-11(15(18)19)7-10(14)2/h3-8,17H,1-2H3,(H,18,19). The van der Waals surface area contributed by atoms with Gasteiger partial charge in [-0.05, 0) is 61.4 Å². The van der Waals surface area contributed by atoms with Crippen LogP contribution in [0.15, 0.2) is 36.4 Å². The van der Waals surface area contributed by atoms with Gasteiger partial charge in [0.15, 0.2) is 0 Å². The lowest BCUT2D eigenvalue weighted by atomic mass is 10.1. The van der Waals surface area contributed by atoms with Crippen molar-refractivity contribution in [2.75, 3.05) is 5.32 Å². The summed E-state index contributed by atoms with van der Waals surface area (Å²) in [5.74, 6) is -1.20. The Morgan fingerprint density at radius 3 is 2.42 bits per heavy atom. The second kappa shape index (κ2) is 5.10. The third-order valence-electron chi connectivity index (χ3n) is 2.91. The minimum Gasteiger partial charge on any atom is -0.478 e. The lowest BCUT2D eigenvalue weighted by molar-refractivity contribution is 0.0697. The van der Waals surface area contributed by atoms with Gasteiger partial charge >= 0.3 is 5.97 Å². The van der Waals surface area contributed by atoms with E-state index in [0.29, 0.717) is 5.56 Å². The molecule has 19 heavy (non-hydrogen) atoms. The van der Waals surface area contributed by atoms with Gasteiger partial charge in [-0.3, -0.25) is 0 Å². The largest absolute Gasteiger partial charge is 0.478 e. The van der Waals surface area contributed by atoms with E-state index >= 15 is 0 Å². The number of halogens is 1. The number of hydrogen-bond donors (Lipinski definition) is 2. The number of aromatic carboxylic acids is 1. The Hall–Kier alpha value is -2.36. The van der Waals surface area contributed by atoms with Crippen molar-refractivity contribution in [3.8, 4) is 0 Å². The highest BCUT2D eigenvalue weighted by molar-refractivity contribution is 5.88. The zero-order chi connectivity index (χ0) is 14.0. The lowest BCUT2D eigenvalue weighted by Crippen LogP contribution is -1.99. The van der Waals surface area contributed by atoms with E-state index in [1.807, 2.05) is 6.92 Å². The molecule has 2 aromatic carbocycles. The number of rotatable bonds is 3. The minimum absolute atomic E-state index is 0.247. The molecule has 0 saturated carbocycles. The molecule has 2 N–H and O–H groups in total. The van der Waals surface area contributed by atoms with Crippen molar-refractivity contribution in [1.82, 2.24) is 0 Å². The molecule has 0 heterocycles. The Balaban J connectivity index is 2.28. The molecule has 0 aliphatic rings. The summed E-state index contributed by atoms with van der Waals surface area (Å²) in [4.78, 5) is 10.8. The summed E-state index contributed by atoms with van der Waals surface area (Å²) in [6, 6.07) is 9.60. The maximum atomic E-state index is 13.2. The van der Waals surface area contributed by atoms with Gasteiger partial charge in [-0.1, -0.05) is 0 Å². The second-order valence-corrected chi connectivity index (χ2v) is 4.42. The molecule has 0 aliphatic carbocycles. The number of carbonyl (C=O) groups is 1. The second-order valence-electron chi connectivity index (χ2n) is 4.42. The van der Waals surface area contributed by atoms with E-state index in [0.717, 1.165) is 16.9 Å². The normalized spacial score (nSPS) is 10.3. The Bertz CT molecular complexity index is 638. The van der Waals surface area contributed by atoms with Crippen molar-refractivity contribution in [3.05, 3.63) is 58.9 Å². The van der Waals surface area contributed by atoms with E-state index in [9.17, 15) is 9.18 Å². The van der Waals surface area contributed by atoms with Gasteiger partial charge in [0.25, 0.3) is 0 Å². The van der Waals surface area contributed by atoms with Gasteiger partial charge in [-0.15, -0.1) is 0 Å². The molecule has 2 rings (SSSR count). The van der Waals surface area contributed by atoms with E-state index in [4.69, 9.17) is 5.11 Å². The van der Waals surface area contributed by atoms with Crippen LogP contribution in [0, 0.1) is 19.7 Å². The average Bonchev–Trinajstić information content (AvgIpc) is 2.36. The highest BCUT2D eigenvalue weighted by atomic mass is 19.1. The van der Waals surface area contributed by atoms with E-state index in [1.54, 1.807) is 31.2 Å². The van der Waals surface area contributed by atoms with E-state index in [1.165, 1.54) is 12.1 Å². The third kappa shape index (κ3) is 2.91. The molecular formula is C15H14FNO2. The van der Waals surface area contributed by atoms with Crippen LogP contribution in [0.5, 0.6) is 0 Å². The summed E-state index contributed by atoms with van der Waals surface area (Å²) < 4.78 is 13.2. The van der Waals surface area contributed by atoms with E-state index in [-0.39, 0.29) is 11.4 Å². The van der Waals surface area contributed by atoms with E-state index < -0.39 is 5.97 Å². The van der Waals surface area contributed by atoms with Crippen LogP contribution >= 0.6 is 0 Å². The Morgan fingerprint density at radius 2 is 1.84 bits per heavy atom. The number of benzene rings is 2. The van der Waals surface area contributed by atoms with Crippen molar-refractivity contribution in [2.45, 2.75) is 13.8 Å². The molecule has 2 aromatic rings. The molecule has 3 nitrogen and oxygen atoms in total. The van der Waals surface area contributed by atoms with Gasteiger partial charge in [0.2, 0.25) is 0 Å². The van der Waals surface area contributed by atoms with Crippen LogP contribution in [0.1, 0.15) is 21.5 Å². The third-order valence-corrected chi connectivity index (χ3v) is 2.91. The predicted molar refractivity (Wildman–Crippen MR) is 72.6 cm³/mol. The number of nitrogens with one attached hydrogen (secondary N) is 1. The molecule has 0 aromatic heterocycles. The molecule has 98 valence electrons. The van der Waals surface area contributed by atoms with Gasteiger partial charge in [0.1, 0.15) is 5.82 Å². The molecule has 0 fully saturated rings. The number of carboxylic acids is 1. The van der Waals surface area contributed by atoms with Crippen LogP contribution in [0.3, 0.4) is 0 Å². The van der Waals surface area contributed by atoms with Crippen LogP contribution in [0.25, 0.3) is 0 Å². The summed E-state index contributed by atoms with van der Waals surface area (Å²) >= 11 is 0. The molecular weight excluding hydrogens is 245 g/mol. The van der Waals surface area contributed by atoms with Gasteiger partial charge < -0.3 is 10.4 Å². The van der Waals surface area contributed by atoms with Gasteiger partial charge in [-0.2, -0.15) is 0 Å². The zero-order valence-electron chi connectivity index (χ0n) is 10.7. The van der Waals surface area contributed by atoms with Gasteiger partial charge in [-0.25, -0.2) is 9.18 Å². The highest BCUT2D eigenvalue weighted by Gasteiger charge is 2.06. The van der Waals surface area contributed by atoms with E-state index in [2.05, 4.69) is 5.32 Å². The summed E-state index contributed by atoms with van der Waals surface area (Å²) in [5, 5.41) is 12.0. The number of anilines is 2. The smallest absolute Gasteiger partial charge is 0.335 e. The first kappa shape index (κ1) is 13.1. The van der Waals surface area contributed by atoms with Crippen LogP contribution in [0.4, 0.5) is 15.8 Å². The van der Waals surface area contributed by atoms with Crippen LogP contribution in [-0.2, 0) is 0 Å². The summed E-state index contributed by atoms with van der Waals surface area (Å²) in [6.07, 6.45) is 0. The SMILES string of the molecule is Cc1cc(Nc2ccc(C(=O)O)cc2C)ccc1F. The Morgan fingerprint density at radius 1 is 1.11 bits per heavy atom. The fraction of sp³-hybridized carbons (Fsp3) is 0.133.